The summed E-state index contributed by atoms with van der Waals surface area (Å²) in [7, 11) is 0. The molecule has 3 heterocycles. The molecule has 0 spiro atoms. The average Bonchev–Trinajstić information content (AvgIpc) is 3.30. The standard InChI is InChI=1S/C21H17ClN2O3S2/c1-3-27-20(26)17-12(2)23-21-24(18(17)13-6-8-14(22)9-7-13)19(25)16(29-21)11-15-5-4-10-28-15/h4-11,18H,3H2,1-2H3/b16-11-. The number of allylic oxidation sites excluding steroid dienone is 1. The number of nitrogens with zero attached hydrogens (tertiary/aromatic N) is 2. The smallest absolute Gasteiger partial charge is 0.338 e. The van der Waals surface area contributed by atoms with Gasteiger partial charge in [-0.25, -0.2) is 9.79 Å². The van der Waals surface area contributed by atoms with Crippen LogP contribution in [0.25, 0.3) is 6.08 Å². The monoisotopic (exact) mass is 444 g/mol. The van der Waals surface area contributed by atoms with E-state index >= 15 is 0 Å². The van der Waals surface area contributed by atoms with E-state index in [4.69, 9.17) is 16.3 Å². The molecule has 0 saturated heterocycles. The van der Waals surface area contributed by atoms with Gasteiger partial charge in [-0.15, -0.1) is 11.3 Å². The van der Waals surface area contributed by atoms with Crippen LogP contribution in [0.15, 0.2) is 62.8 Å². The topological polar surface area (TPSA) is 60.7 Å². The SMILES string of the molecule is CCOC(=O)C1=C(C)N=c2s/c(=C\c3cccs3)c(=O)n2C1c1ccc(Cl)cc1. The van der Waals surface area contributed by atoms with Gasteiger partial charge in [0.1, 0.15) is 0 Å². The molecule has 1 aliphatic rings. The van der Waals surface area contributed by atoms with Crippen molar-refractivity contribution in [2.24, 2.45) is 4.99 Å². The van der Waals surface area contributed by atoms with Crippen LogP contribution in [0.4, 0.5) is 0 Å². The van der Waals surface area contributed by atoms with Gasteiger partial charge in [0.2, 0.25) is 0 Å². The summed E-state index contributed by atoms with van der Waals surface area (Å²) in [4.78, 5) is 32.2. The van der Waals surface area contributed by atoms with Crippen LogP contribution in [0.1, 0.15) is 30.3 Å². The molecular formula is C21H17ClN2O3S2. The number of thiazole rings is 1. The molecule has 5 nitrogen and oxygen atoms in total. The number of hydrogen-bond donors (Lipinski definition) is 0. The quantitative estimate of drug-likeness (QED) is 0.578. The van der Waals surface area contributed by atoms with Crippen molar-refractivity contribution in [2.75, 3.05) is 6.61 Å². The third-order valence-electron chi connectivity index (χ3n) is 4.52. The highest BCUT2D eigenvalue weighted by atomic mass is 35.5. The minimum atomic E-state index is -0.618. The number of esters is 1. The summed E-state index contributed by atoms with van der Waals surface area (Å²) in [5.74, 6) is -0.471. The summed E-state index contributed by atoms with van der Waals surface area (Å²) >= 11 is 8.92. The Hall–Kier alpha value is -2.48. The molecule has 148 valence electrons. The van der Waals surface area contributed by atoms with Crippen molar-refractivity contribution in [3.05, 3.63) is 88.2 Å². The fourth-order valence-electron chi connectivity index (χ4n) is 3.25. The van der Waals surface area contributed by atoms with Crippen LogP contribution in [-0.2, 0) is 9.53 Å². The Bertz CT molecular complexity index is 1270. The van der Waals surface area contributed by atoms with Crippen LogP contribution in [0.2, 0.25) is 5.02 Å². The molecule has 0 N–H and O–H groups in total. The molecule has 8 heteroatoms. The first-order valence-electron chi connectivity index (χ1n) is 8.98. The number of thiophene rings is 1. The largest absolute Gasteiger partial charge is 0.463 e. The maximum Gasteiger partial charge on any atom is 0.338 e. The van der Waals surface area contributed by atoms with Gasteiger partial charge in [0, 0.05) is 9.90 Å². The first-order valence-corrected chi connectivity index (χ1v) is 11.1. The van der Waals surface area contributed by atoms with E-state index in [1.54, 1.807) is 41.9 Å². The van der Waals surface area contributed by atoms with Crippen LogP contribution in [0, 0.1) is 0 Å². The molecule has 0 bridgehead atoms. The van der Waals surface area contributed by atoms with Crippen molar-refractivity contribution in [3.63, 3.8) is 0 Å². The summed E-state index contributed by atoms with van der Waals surface area (Å²) in [6.45, 7) is 3.76. The third kappa shape index (κ3) is 3.73. The Kier molecular flexibility index (Phi) is 5.54. The van der Waals surface area contributed by atoms with E-state index in [1.807, 2.05) is 35.7 Å². The number of ether oxygens (including phenoxy) is 1. The van der Waals surface area contributed by atoms with Crippen molar-refractivity contribution in [3.8, 4) is 0 Å². The Morgan fingerprint density at radius 2 is 2.07 bits per heavy atom. The van der Waals surface area contributed by atoms with E-state index in [0.717, 1.165) is 10.4 Å². The number of rotatable bonds is 4. The maximum absolute atomic E-state index is 13.3. The molecule has 0 radical (unpaired) electrons. The van der Waals surface area contributed by atoms with Gasteiger partial charge in [0.25, 0.3) is 5.56 Å². The number of carbonyl (C=O) groups excluding carboxylic acids is 1. The molecule has 0 saturated carbocycles. The van der Waals surface area contributed by atoms with Crippen molar-refractivity contribution >= 4 is 46.3 Å². The summed E-state index contributed by atoms with van der Waals surface area (Å²) in [6.07, 6.45) is 1.86. The van der Waals surface area contributed by atoms with E-state index in [2.05, 4.69) is 4.99 Å². The van der Waals surface area contributed by atoms with E-state index in [0.29, 0.717) is 25.6 Å². The molecule has 2 aromatic heterocycles. The zero-order chi connectivity index (χ0) is 20.5. The van der Waals surface area contributed by atoms with Gasteiger partial charge < -0.3 is 4.74 Å². The highest BCUT2D eigenvalue weighted by Gasteiger charge is 2.33. The minimum absolute atomic E-state index is 0.184. The predicted octanol–water partition coefficient (Wildman–Crippen LogP) is 3.51. The highest BCUT2D eigenvalue weighted by molar-refractivity contribution is 7.11. The fourth-order valence-corrected chi connectivity index (χ4v) is 5.15. The molecule has 0 aliphatic carbocycles. The van der Waals surface area contributed by atoms with Crippen molar-refractivity contribution in [2.45, 2.75) is 19.9 Å². The molecule has 3 aromatic rings. The molecule has 1 aromatic carbocycles. The van der Waals surface area contributed by atoms with Crippen LogP contribution >= 0.6 is 34.3 Å². The van der Waals surface area contributed by atoms with Gasteiger partial charge in [-0.1, -0.05) is 41.1 Å². The number of halogens is 1. The van der Waals surface area contributed by atoms with Gasteiger partial charge in [-0.3, -0.25) is 9.36 Å². The lowest BCUT2D eigenvalue weighted by Gasteiger charge is -2.24. The number of carbonyl (C=O) groups is 1. The van der Waals surface area contributed by atoms with Crippen molar-refractivity contribution in [1.82, 2.24) is 4.57 Å². The lowest BCUT2D eigenvalue weighted by molar-refractivity contribution is -0.139. The van der Waals surface area contributed by atoms with Gasteiger partial charge in [0.05, 0.1) is 28.5 Å². The zero-order valence-electron chi connectivity index (χ0n) is 15.7. The number of hydrogen-bond acceptors (Lipinski definition) is 6. The normalized spacial score (nSPS) is 16.5. The Balaban J connectivity index is 1.97. The Labute approximate surface area is 179 Å². The summed E-state index contributed by atoms with van der Waals surface area (Å²) < 4.78 is 7.42. The van der Waals surface area contributed by atoms with Gasteiger partial charge in [0.15, 0.2) is 4.80 Å². The summed E-state index contributed by atoms with van der Waals surface area (Å²) in [6, 6.07) is 10.4. The summed E-state index contributed by atoms with van der Waals surface area (Å²) in [5.41, 5.74) is 1.50. The maximum atomic E-state index is 13.3. The lowest BCUT2D eigenvalue weighted by Crippen LogP contribution is -2.39. The molecule has 1 aliphatic heterocycles. The second kappa shape index (κ2) is 8.10. The number of aromatic nitrogens is 1. The fraction of sp³-hybridized carbons (Fsp3) is 0.190. The van der Waals surface area contributed by atoms with Crippen molar-refractivity contribution < 1.29 is 9.53 Å². The second-order valence-electron chi connectivity index (χ2n) is 6.37. The Morgan fingerprint density at radius 1 is 1.31 bits per heavy atom. The molecule has 1 unspecified atom stereocenters. The first kappa shape index (κ1) is 19.8. The van der Waals surface area contributed by atoms with Crippen LogP contribution in [0.3, 0.4) is 0 Å². The van der Waals surface area contributed by atoms with Crippen LogP contribution < -0.4 is 14.9 Å². The summed E-state index contributed by atoms with van der Waals surface area (Å²) in [5, 5.41) is 2.54. The Morgan fingerprint density at radius 3 is 2.72 bits per heavy atom. The van der Waals surface area contributed by atoms with E-state index in [9.17, 15) is 9.59 Å². The lowest BCUT2D eigenvalue weighted by atomic mass is 9.96. The van der Waals surface area contributed by atoms with Crippen molar-refractivity contribution in [1.29, 1.82) is 0 Å². The predicted molar refractivity (Wildman–Crippen MR) is 116 cm³/mol. The average molecular weight is 445 g/mol. The number of benzene rings is 1. The highest BCUT2D eigenvalue weighted by Crippen LogP contribution is 2.31. The zero-order valence-corrected chi connectivity index (χ0v) is 18.1. The van der Waals surface area contributed by atoms with Crippen LogP contribution in [-0.4, -0.2) is 17.1 Å². The van der Waals surface area contributed by atoms with E-state index in [1.165, 1.54) is 11.3 Å². The molecular weight excluding hydrogens is 428 g/mol. The van der Waals surface area contributed by atoms with Gasteiger partial charge in [-0.2, -0.15) is 0 Å². The van der Waals surface area contributed by atoms with E-state index < -0.39 is 12.0 Å². The van der Waals surface area contributed by atoms with Gasteiger partial charge in [-0.05, 0) is 49.1 Å². The first-order chi connectivity index (χ1) is 14.0. The number of fused-ring (bicyclic) bond motifs is 1. The molecule has 0 amide bonds. The molecule has 0 fully saturated rings. The minimum Gasteiger partial charge on any atom is -0.463 e. The van der Waals surface area contributed by atoms with E-state index in [-0.39, 0.29) is 12.2 Å². The second-order valence-corrected chi connectivity index (χ2v) is 8.79. The van der Waals surface area contributed by atoms with Crippen LogP contribution in [0.5, 0.6) is 0 Å². The molecule has 1 atom stereocenters. The third-order valence-corrected chi connectivity index (χ3v) is 6.57. The van der Waals surface area contributed by atoms with Gasteiger partial charge >= 0.3 is 5.97 Å². The molecule has 4 rings (SSSR count). The molecule has 29 heavy (non-hydrogen) atoms.